The quantitative estimate of drug-likeness (QED) is 0.583. The smallest absolute Gasteiger partial charge is 0.270 e. The molecule has 3 N–H and O–H groups in total. The number of rotatable bonds is 4. The van der Waals surface area contributed by atoms with E-state index >= 15 is 0 Å². The van der Waals surface area contributed by atoms with Crippen molar-refractivity contribution >= 4 is 17.3 Å². The molecule has 1 saturated carbocycles. The summed E-state index contributed by atoms with van der Waals surface area (Å²) in [7, 11) is 3.17. The van der Waals surface area contributed by atoms with Crippen LogP contribution in [0.1, 0.15) is 41.4 Å². The third-order valence-corrected chi connectivity index (χ3v) is 6.41. The van der Waals surface area contributed by atoms with Gasteiger partial charge >= 0.3 is 0 Å². The average Bonchev–Trinajstić information content (AvgIpc) is 3.17. The maximum absolute atomic E-state index is 13.5. The number of nitrogens with zero attached hydrogens (tertiary/aromatic N) is 1. The first-order valence-corrected chi connectivity index (χ1v) is 10.4. The largest absolute Gasteiger partial charge is 0.508 e. The molecule has 2 heterocycles. The lowest BCUT2D eigenvalue weighted by atomic mass is 9.67. The molecule has 8 nitrogen and oxygen atoms in total. The summed E-state index contributed by atoms with van der Waals surface area (Å²) in [6.45, 7) is 0. The predicted octanol–water partition coefficient (Wildman–Crippen LogP) is 3.41. The zero-order valence-corrected chi connectivity index (χ0v) is 17.7. The standard InChI is InChI=1S/C24H23N3O5/c1-31-18-7-6-12(11-19(18)32-2)14-9-16-21(17(29)10-14)20(13-4-3-5-15(28)8-13)22-23(25-16)26-27-24(22)30/h3-8,11,14,20-21,28H,9-10H2,1-2H3,(H2,26,27,30)/t14-,20-,21?/m0/s1. The molecule has 0 bridgehead atoms. The van der Waals surface area contributed by atoms with Crippen LogP contribution >= 0.6 is 0 Å². The Balaban J connectivity index is 1.57. The second-order valence-electron chi connectivity index (χ2n) is 8.18. The molecule has 5 rings (SSSR count). The number of Topliss-reactive ketones (excluding diaryl/α,β-unsaturated/α-hetero) is 1. The van der Waals surface area contributed by atoms with Crippen LogP contribution in [0.3, 0.4) is 0 Å². The van der Waals surface area contributed by atoms with Crippen molar-refractivity contribution in [1.29, 1.82) is 0 Å². The molecule has 0 radical (unpaired) electrons. The highest BCUT2D eigenvalue weighted by molar-refractivity contribution is 6.11. The minimum Gasteiger partial charge on any atom is -0.508 e. The Hall–Kier alpha value is -3.81. The van der Waals surface area contributed by atoms with Crippen molar-refractivity contribution in [2.45, 2.75) is 24.7 Å². The highest BCUT2D eigenvalue weighted by Crippen LogP contribution is 2.47. The van der Waals surface area contributed by atoms with E-state index in [1.54, 1.807) is 32.4 Å². The SMILES string of the molecule is COc1ccc([C@@H]2CC(=O)C3C(=Nc4[nH][nH]c(=O)c4[C@H]3c3cccc(O)c3)C2)cc1OC. The number of nitrogens with one attached hydrogen (secondary N) is 2. The molecule has 2 aromatic carbocycles. The Labute approximate surface area is 183 Å². The molecule has 1 aliphatic carbocycles. The first-order valence-electron chi connectivity index (χ1n) is 10.4. The van der Waals surface area contributed by atoms with Gasteiger partial charge in [-0.3, -0.25) is 19.8 Å². The van der Waals surface area contributed by atoms with Crippen LogP contribution in [0, 0.1) is 5.92 Å². The van der Waals surface area contributed by atoms with E-state index < -0.39 is 11.8 Å². The number of ether oxygens (including phenoxy) is 2. The molecule has 1 aliphatic heterocycles. The molecule has 3 atom stereocenters. The third kappa shape index (κ3) is 3.19. The van der Waals surface area contributed by atoms with E-state index in [-0.39, 0.29) is 23.0 Å². The van der Waals surface area contributed by atoms with Gasteiger partial charge in [0.05, 0.1) is 25.7 Å². The predicted molar refractivity (Wildman–Crippen MR) is 118 cm³/mol. The Morgan fingerprint density at radius 3 is 2.50 bits per heavy atom. The summed E-state index contributed by atoms with van der Waals surface area (Å²) in [4.78, 5) is 30.7. The lowest BCUT2D eigenvalue weighted by molar-refractivity contribution is -0.122. The van der Waals surface area contributed by atoms with E-state index in [0.29, 0.717) is 41.3 Å². The van der Waals surface area contributed by atoms with Crippen LogP contribution in [0.15, 0.2) is 52.3 Å². The number of carbonyl (C=O) groups is 1. The lowest BCUT2D eigenvalue weighted by Crippen LogP contribution is -2.40. The summed E-state index contributed by atoms with van der Waals surface area (Å²) in [6.07, 6.45) is 0.903. The molecule has 2 aliphatic rings. The molecule has 3 aromatic rings. The van der Waals surface area contributed by atoms with E-state index in [9.17, 15) is 14.7 Å². The minimum atomic E-state index is -0.544. The summed E-state index contributed by atoms with van der Waals surface area (Å²) in [5.74, 6) is 0.687. The molecule has 0 saturated heterocycles. The van der Waals surface area contributed by atoms with Gasteiger partial charge in [0.25, 0.3) is 5.56 Å². The molecule has 1 unspecified atom stereocenters. The normalized spacial score (nSPS) is 22.0. The minimum absolute atomic E-state index is 0.0226. The number of aromatic nitrogens is 2. The van der Waals surface area contributed by atoms with E-state index in [1.165, 1.54) is 0 Å². The first kappa shape index (κ1) is 20.1. The van der Waals surface area contributed by atoms with Crippen molar-refractivity contribution in [2.24, 2.45) is 10.9 Å². The number of phenols is 1. The van der Waals surface area contributed by atoms with E-state index in [2.05, 4.69) is 15.2 Å². The fourth-order valence-corrected chi connectivity index (χ4v) is 4.97. The van der Waals surface area contributed by atoms with Gasteiger partial charge in [-0.15, -0.1) is 0 Å². The van der Waals surface area contributed by atoms with Crippen molar-refractivity contribution in [3.63, 3.8) is 0 Å². The van der Waals surface area contributed by atoms with E-state index in [0.717, 1.165) is 11.3 Å². The topological polar surface area (TPSA) is 117 Å². The van der Waals surface area contributed by atoms with Gasteiger partial charge in [-0.1, -0.05) is 18.2 Å². The van der Waals surface area contributed by atoms with Crippen LogP contribution in [0.4, 0.5) is 5.82 Å². The molecule has 0 amide bonds. The van der Waals surface area contributed by atoms with Crippen LogP contribution in [0.5, 0.6) is 17.2 Å². The Bertz CT molecular complexity index is 1290. The number of aromatic amines is 2. The molecule has 164 valence electrons. The number of aromatic hydroxyl groups is 1. The molecule has 1 fully saturated rings. The average molecular weight is 433 g/mol. The summed E-state index contributed by atoms with van der Waals surface area (Å²) < 4.78 is 10.8. The van der Waals surface area contributed by atoms with Gasteiger partial charge in [0.15, 0.2) is 17.3 Å². The maximum atomic E-state index is 13.5. The number of benzene rings is 2. The van der Waals surface area contributed by atoms with Gasteiger partial charge < -0.3 is 14.6 Å². The number of fused-ring (bicyclic) bond motifs is 2. The molecule has 8 heteroatoms. The fraction of sp³-hybridized carbons (Fsp3) is 0.292. The van der Waals surface area contributed by atoms with Crippen molar-refractivity contribution in [3.8, 4) is 17.2 Å². The molecule has 1 aromatic heterocycles. The highest BCUT2D eigenvalue weighted by Gasteiger charge is 2.45. The van der Waals surface area contributed by atoms with Gasteiger partial charge in [-0.05, 0) is 47.7 Å². The first-order chi connectivity index (χ1) is 15.5. The van der Waals surface area contributed by atoms with Crippen molar-refractivity contribution in [3.05, 3.63) is 69.5 Å². The number of hydrogen-bond acceptors (Lipinski definition) is 6. The second-order valence-corrected chi connectivity index (χ2v) is 8.18. The van der Waals surface area contributed by atoms with E-state index in [4.69, 9.17) is 9.47 Å². The number of H-pyrrole nitrogens is 2. The maximum Gasteiger partial charge on any atom is 0.270 e. The molecular weight excluding hydrogens is 410 g/mol. The third-order valence-electron chi connectivity index (χ3n) is 6.41. The number of methoxy groups -OCH3 is 2. The molecular formula is C24H23N3O5. The number of phenolic OH excluding ortho intramolecular Hbond substituents is 1. The number of ketones is 1. The summed E-state index contributed by atoms with van der Waals surface area (Å²) in [6, 6.07) is 12.4. The lowest BCUT2D eigenvalue weighted by Gasteiger charge is -2.36. The Morgan fingerprint density at radius 2 is 1.75 bits per heavy atom. The molecule has 32 heavy (non-hydrogen) atoms. The number of hydrogen-bond donors (Lipinski definition) is 3. The van der Waals surface area contributed by atoms with Crippen molar-refractivity contribution < 1.29 is 19.4 Å². The van der Waals surface area contributed by atoms with Crippen LogP contribution < -0.4 is 15.0 Å². The number of carbonyl (C=O) groups excluding carboxylic acids is 1. The fourth-order valence-electron chi connectivity index (χ4n) is 4.97. The summed E-state index contributed by atoms with van der Waals surface area (Å²) in [5.41, 5.74) is 2.55. The van der Waals surface area contributed by atoms with E-state index in [1.807, 2.05) is 24.3 Å². The van der Waals surface area contributed by atoms with Gasteiger partial charge in [0.2, 0.25) is 0 Å². The van der Waals surface area contributed by atoms with Gasteiger partial charge in [-0.25, -0.2) is 4.99 Å². The summed E-state index contributed by atoms with van der Waals surface area (Å²) >= 11 is 0. The molecule has 0 spiro atoms. The second kappa shape index (κ2) is 7.71. The van der Waals surface area contributed by atoms with Crippen LogP contribution in [0.2, 0.25) is 0 Å². The zero-order valence-electron chi connectivity index (χ0n) is 17.7. The van der Waals surface area contributed by atoms with Gasteiger partial charge in [0.1, 0.15) is 11.5 Å². The van der Waals surface area contributed by atoms with Crippen LogP contribution in [-0.2, 0) is 4.79 Å². The van der Waals surface area contributed by atoms with Gasteiger partial charge in [0, 0.05) is 18.1 Å². The Morgan fingerprint density at radius 1 is 0.938 bits per heavy atom. The van der Waals surface area contributed by atoms with Gasteiger partial charge in [-0.2, -0.15) is 0 Å². The van der Waals surface area contributed by atoms with Crippen molar-refractivity contribution in [1.82, 2.24) is 10.2 Å². The summed E-state index contributed by atoms with van der Waals surface area (Å²) in [5, 5.41) is 15.5. The Kier molecular flexibility index (Phi) is 4.84. The highest BCUT2D eigenvalue weighted by atomic mass is 16.5. The van der Waals surface area contributed by atoms with Crippen molar-refractivity contribution in [2.75, 3.05) is 14.2 Å². The van der Waals surface area contributed by atoms with Crippen LogP contribution in [-0.4, -0.2) is 41.0 Å². The monoisotopic (exact) mass is 433 g/mol. The zero-order chi connectivity index (χ0) is 22.4. The van der Waals surface area contributed by atoms with Crippen LogP contribution in [0.25, 0.3) is 0 Å². The number of aliphatic imine (C=N–C) groups is 1.